The molecule has 3 nitrogen and oxygen atoms in total. The molecule has 3 rings (SSSR count). The lowest BCUT2D eigenvalue weighted by atomic mass is 9.77. The van der Waals surface area contributed by atoms with E-state index >= 15 is 0 Å². The summed E-state index contributed by atoms with van der Waals surface area (Å²) >= 11 is 0. The smallest absolute Gasteiger partial charge is 0.204 e. The first-order chi connectivity index (χ1) is 14.6. The molecule has 164 valence electrons. The zero-order valence-electron chi connectivity index (χ0n) is 18.0. The highest BCUT2D eigenvalue weighted by atomic mass is 19.2. The summed E-state index contributed by atoms with van der Waals surface area (Å²) in [6.45, 7) is 2.90. The number of rotatable bonds is 10. The Morgan fingerprint density at radius 2 is 1.47 bits per heavy atom. The number of ether oxygens (including phenoxy) is 3. The normalized spacial score (nSPS) is 18.9. The summed E-state index contributed by atoms with van der Waals surface area (Å²) < 4.78 is 43.9. The minimum Gasteiger partial charge on any atom is -0.488 e. The molecular formula is C25H32F2O3. The maximum Gasteiger partial charge on any atom is 0.204 e. The van der Waals surface area contributed by atoms with E-state index in [1.54, 1.807) is 0 Å². The minimum absolute atomic E-state index is 0.120. The molecule has 1 aliphatic carbocycles. The van der Waals surface area contributed by atoms with E-state index in [0.717, 1.165) is 11.5 Å². The molecule has 2 aromatic rings. The second-order valence-corrected chi connectivity index (χ2v) is 8.07. The van der Waals surface area contributed by atoms with Crippen LogP contribution in [0.3, 0.4) is 0 Å². The molecule has 0 unspecified atom stereocenters. The van der Waals surface area contributed by atoms with E-state index in [1.807, 2.05) is 12.1 Å². The molecule has 0 heterocycles. The van der Waals surface area contributed by atoms with Gasteiger partial charge in [-0.3, -0.25) is 0 Å². The lowest BCUT2D eigenvalue weighted by Gasteiger charge is -2.28. The predicted molar refractivity (Wildman–Crippen MR) is 114 cm³/mol. The van der Waals surface area contributed by atoms with Crippen molar-refractivity contribution in [2.45, 2.75) is 58.0 Å². The summed E-state index contributed by atoms with van der Waals surface area (Å²) in [6, 6.07) is 11.1. The molecule has 5 heteroatoms. The Labute approximate surface area is 178 Å². The van der Waals surface area contributed by atoms with Crippen molar-refractivity contribution in [1.29, 1.82) is 0 Å². The second kappa shape index (κ2) is 11.3. The monoisotopic (exact) mass is 418 g/mol. The molecular weight excluding hydrogens is 386 g/mol. The van der Waals surface area contributed by atoms with Crippen molar-refractivity contribution >= 4 is 0 Å². The van der Waals surface area contributed by atoms with E-state index in [-0.39, 0.29) is 24.7 Å². The summed E-state index contributed by atoms with van der Waals surface area (Å²) in [5.41, 5.74) is 2.29. The third-order valence-corrected chi connectivity index (χ3v) is 5.95. The molecule has 1 fully saturated rings. The highest BCUT2D eigenvalue weighted by molar-refractivity contribution is 5.35. The van der Waals surface area contributed by atoms with Crippen LogP contribution in [0.15, 0.2) is 36.4 Å². The van der Waals surface area contributed by atoms with Crippen molar-refractivity contribution in [2.75, 3.05) is 20.3 Å². The minimum atomic E-state index is -1.04. The van der Waals surface area contributed by atoms with E-state index in [1.165, 1.54) is 63.3 Å². The van der Waals surface area contributed by atoms with Crippen LogP contribution >= 0.6 is 0 Å². The van der Waals surface area contributed by atoms with Crippen molar-refractivity contribution in [3.8, 4) is 11.5 Å². The van der Waals surface area contributed by atoms with Gasteiger partial charge in [0.1, 0.15) is 13.2 Å². The molecule has 0 aromatic heterocycles. The van der Waals surface area contributed by atoms with Gasteiger partial charge in [0.15, 0.2) is 11.5 Å². The van der Waals surface area contributed by atoms with Crippen LogP contribution in [-0.2, 0) is 11.3 Å². The van der Waals surface area contributed by atoms with Crippen LogP contribution in [0.25, 0.3) is 0 Å². The molecule has 0 atom stereocenters. The molecule has 0 bridgehead atoms. The average Bonchev–Trinajstić information content (AvgIpc) is 2.77. The van der Waals surface area contributed by atoms with Gasteiger partial charge in [-0.2, -0.15) is 8.78 Å². The van der Waals surface area contributed by atoms with Crippen LogP contribution in [0.4, 0.5) is 8.78 Å². The highest BCUT2D eigenvalue weighted by Crippen LogP contribution is 2.37. The zero-order chi connectivity index (χ0) is 21.3. The molecule has 1 aliphatic rings. The van der Waals surface area contributed by atoms with Crippen molar-refractivity contribution in [1.82, 2.24) is 0 Å². The summed E-state index contributed by atoms with van der Waals surface area (Å²) in [5.74, 6) is -0.820. The Hall–Kier alpha value is -2.14. The number of hydrogen-bond donors (Lipinski definition) is 0. The van der Waals surface area contributed by atoms with Gasteiger partial charge in [-0.25, -0.2) is 0 Å². The van der Waals surface area contributed by atoms with E-state index in [9.17, 15) is 8.78 Å². The largest absolute Gasteiger partial charge is 0.488 e. The zero-order valence-corrected chi connectivity index (χ0v) is 18.0. The fraction of sp³-hybridized carbons (Fsp3) is 0.520. The molecule has 0 spiro atoms. The number of benzene rings is 2. The first-order valence-electron chi connectivity index (χ1n) is 10.9. The third-order valence-electron chi connectivity index (χ3n) is 5.95. The van der Waals surface area contributed by atoms with Gasteiger partial charge in [-0.1, -0.05) is 44.0 Å². The van der Waals surface area contributed by atoms with Crippen molar-refractivity contribution < 1.29 is 23.0 Å². The second-order valence-electron chi connectivity index (χ2n) is 8.07. The van der Waals surface area contributed by atoms with Crippen LogP contribution in [0.1, 0.15) is 62.5 Å². The van der Waals surface area contributed by atoms with E-state index in [2.05, 4.69) is 19.1 Å². The Morgan fingerprint density at radius 3 is 2.07 bits per heavy atom. The van der Waals surface area contributed by atoms with Crippen LogP contribution in [0, 0.1) is 17.6 Å². The van der Waals surface area contributed by atoms with E-state index < -0.39 is 11.6 Å². The van der Waals surface area contributed by atoms with Crippen molar-refractivity contribution in [3.63, 3.8) is 0 Å². The Bertz CT molecular complexity index is 784. The summed E-state index contributed by atoms with van der Waals surface area (Å²) in [7, 11) is 1.52. The Morgan fingerprint density at radius 1 is 0.833 bits per heavy atom. The van der Waals surface area contributed by atoms with Gasteiger partial charge >= 0.3 is 0 Å². The first-order valence-corrected chi connectivity index (χ1v) is 10.9. The van der Waals surface area contributed by atoms with Crippen LogP contribution in [0.5, 0.6) is 11.5 Å². The van der Waals surface area contributed by atoms with Gasteiger partial charge < -0.3 is 14.2 Å². The molecule has 1 saturated carbocycles. The van der Waals surface area contributed by atoms with Crippen molar-refractivity contribution in [3.05, 3.63) is 59.2 Å². The molecule has 30 heavy (non-hydrogen) atoms. The predicted octanol–water partition coefficient (Wildman–Crippen LogP) is 6.64. The molecule has 2 aromatic carbocycles. The van der Waals surface area contributed by atoms with Gasteiger partial charge in [-0.15, -0.1) is 0 Å². The molecule has 0 aliphatic heterocycles. The lowest BCUT2D eigenvalue weighted by molar-refractivity contribution is 0.143. The average molecular weight is 419 g/mol. The molecule has 0 radical (unpaired) electrons. The maximum atomic E-state index is 14.3. The summed E-state index contributed by atoms with van der Waals surface area (Å²) in [4.78, 5) is 0. The molecule has 0 amide bonds. The molecule has 0 saturated heterocycles. The summed E-state index contributed by atoms with van der Waals surface area (Å²) in [6.07, 6.45) is 7.77. The topological polar surface area (TPSA) is 27.7 Å². The van der Waals surface area contributed by atoms with Gasteiger partial charge in [0.05, 0.1) is 6.61 Å². The van der Waals surface area contributed by atoms with Crippen LogP contribution in [0.2, 0.25) is 0 Å². The van der Waals surface area contributed by atoms with Crippen LogP contribution < -0.4 is 9.47 Å². The standard InChI is InChI=1S/C25H32F2O3/c1-3-4-18-5-9-20(10-6-18)21-11-7-19(8-12-21)17-30-23-14-13-22(24(26)25(23)27)29-16-15-28-2/h7-8,11-14,18,20H,3-6,9-10,15-17H2,1-2H3. The fourth-order valence-electron chi connectivity index (χ4n) is 4.21. The Kier molecular flexibility index (Phi) is 8.50. The van der Waals surface area contributed by atoms with E-state index in [4.69, 9.17) is 14.2 Å². The van der Waals surface area contributed by atoms with Crippen molar-refractivity contribution in [2.24, 2.45) is 5.92 Å². The quantitative estimate of drug-likeness (QED) is 0.405. The SMILES string of the molecule is CCCC1CCC(c2ccc(COc3ccc(OCCOC)c(F)c3F)cc2)CC1. The lowest BCUT2D eigenvalue weighted by Crippen LogP contribution is -2.13. The fourth-order valence-corrected chi connectivity index (χ4v) is 4.21. The van der Waals surface area contributed by atoms with Crippen LogP contribution in [-0.4, -0.2) is 20.3 Å². The number of methoxy groups -OCH3 is 1. The van der Waals surface area contributed by atoms with Gasteiger partial charge in [0.2, 0.25) is 11.6 Å². The van der Waals surface area contributed by atoms with Gasteiger partial charge in [-0.05, 0) is 60.8 Å². The maximum absolute atomic E-state index is 14.3. The highest BCUT2D eigenvalue weighted by Gasteiger charge is 2.22. The van der Waals surface area contributed by atoms with Gasteiger partial charge in [0, 0.05) is 7.11 Å². The molecule has 0 N–H and O–H groups in total. The van der Waals surface area contributed by atoms with E-state index in [0.29, 0.717) is 12.5 Å². The number of halogens is 2. The Balaban J connectivity index is 1.53. The first kappa shape index (κ1) is 22.5. The third kappa shape index (κ3) is 5.94. The van der Waals surface area contributed by atoms with Gasteiger partial charge in [0.25, 0.3) is 0 Å². The number of hydrogen-bond acceptors (Lipinski definition) is 3. The summed E-state index contributed by atoms with van der Waals surface area (Å²) in [5, 5.41) is 0.